The first kappa shape index (κ1) is 28.6. The predicted octanol–water partition coefficient (Wildman–Crippen LogP) is 1.77. The van der Waals surface area contributed by atoms with Gasteiger partial charge >= 0.3 is 0 Å². The molecule has 0 bridgehead atoms. The molecule has 2 aromatic carbocycles. The van der Waals surface area contributed by atoms with Crippen molar-refractivity contribution in [3.63, 3.8) is 0 Å². The number of hydrogen-bond acceptors (Lipinski definition) is 8. The number of amides is 1. The minimum absolute atomic E-state index is 0.0687. The van der Waals surface area contributed by atoms with Crippen molar-refractivity contribution < 1.29 is 26.4 Å². The molecule has 1 amide bonds. The summed E-state index contributed by atoms with van der Waals surface area (Å²) in [5.74, 6) is -0.381. The lowest BCUT2D eigenvalue weighted by Gasteiger charge is -2.46. The minimum atomic E-state index is -4.53. The Morgan fingerprint density at radius 3 is 2.37 bits per heavy atom. The van der Waals surface area contributed by atoms with E-state index >= 15 is 0 Å². The van der Waals surface area contributed by atoms with Crippen molar-refractivity contribution in [1.82, 2.24) is 23.4 Å². The largest absolute Gasteiger partial charge is 0.344 e. The highest BCUT2D eigenvalue weighted by molar-refractivity contribution is 7.92. The number of aromatic nitrogens is 1. The van der Waals surface area contributed by atoms with Crippen LogP contribution < -0.4 is 5.32 Å². The molecule has 0 saturated carbocycles. The van der Waals surface area contributed by atoms with Gasteiger partial charge in [0.1, 0.15) is 0 Å². The minimum Gasteiger partial charge on any atom is -0.344 e. The third-order valence-electron chi connectivity index (χ3n) is 8.03. The third kappa shape index (κ3) is 4.77. The lowest BCUT2D eigenvalue weighted by Crippen LogP contribution is -2.66. The summed E-state index contributed by atoms with van der Waals surface area (Å²) in [6.45, 7) is 1.58. The van der Waals surface area contributed by atoms with Crippen molar-refractivity contribution in [1.29, 1.82) is 0 Å². The molecule has 4 heterocycles. The topological polar surface area (TPSA) is 121 Å². The number of hydrogen-bond donors (Lipinski definition) is 1. The highest BCUT2D eigenvalue weighted by atomic mass is 35.5. The molecular weight excluding hydrogens is 590 g/mol. The summed E-state index contributed by atoms with van der Waals surface area (Å²) in [6, 6.07) is 13.4. The number of ether oxygens (including phenoxy) is 1. The Balaban J connectivity index is 1.48. The van der Waals surface area contributed by atoms with Crippen LogP contribution in [0.4, 0.5) is 0 Å². The summed E-state index contributed by atoms with van der Waals surface area (Å²) in [5, 5.41) is 3.53. The first-order valence-electron chi connectivity index (χ1n) is 13.3. The second-order valence-electron chi connectivity index (χ2n) is 11.2. The van der Waals surface area contributed by atoms with E-state index in [-0.39, 0.29) is 29.4 Å². The van der Waals surface area contributed by atoms with Crippen LogP contribution in [0.25, 0.3) is 10.9 Å². The summed E-state index contributed by atoms with van der Waals surface area (Å²) in [5.41, 5.74) is -1.63. The number of piperidine rings is 1. The molecule has 220 valence electrons. The fourth-order valence-corrected chi connectivity index (χ4v) is 9.98. The normalized spacial score (nSPS) is 23.5. The summed E-state index contributed by atoms with van der Waals surface area (Å²) in [7, 11) is -5.19. The fraction of sp³-hybridized carbons (Fsp3) is 0.444. The van der Waals surface area contributed by atoms with Crippen LogP contribution in [0.5, 0.6) is 0 Å². The Hall–Kier alpha value is -2.52. The molecular formula is C27H32ClN5O6S2. The summed E-state index contributed by atoms with van der Waals surface area (Å²) < 4.78 is 65.4. The number of nitrogens with zero attached hydrogens (tertiary/aromatic N) is 4. The Morgan fingerprint density at radius 2 is 1.68 bits per heavy atom. The van der Waals surface area contributed by atoms with Crippen molar-refractivity contribution in [2.45, 2.75) is 34.1 Å². The van der Waals surface area contributed by atoms with Crippen LogP contribution in [0.2, 0.25) is 5.02 Å². The van der Waals surface area contributed by atoms with Crippen molar-refractivity contribution >= 4 is 48.5 Å². The monoisotopic (exact) mass is 621 g/mol. The second kappa shape index (κ2) is 10.0. The van der Waals surface area contributed by atoms with Crippen LogP contribution in [0, 0.1) is 0 Å². The molecule has 3 aromatic rings. The number of rotatable bonds is 6. The van der Waals surface area contributed by atoms with E-state index in [1.807, 2.05) is 19.0 Å². The van der Waals surface area contributed by atoms with Crippen LogP contribution in [0.1, 0.15) is 12.8 Å². The Labute approximate surface area is 244 Å². The van der Waals surface area contributed by atoms with Crippen LogP contribution in [-0.4, -0.2) is 106 Å². The third-order valence-corrected chi connectivity index (χ3v) is 11.9. The summed E-state index contributed by atoms with van der Waals surface area (Å²) in [4.78, 5) is 17.1. The molecule has 41 heavy (non-hydrogen) atoms. The second-order valence-corrected chi connectivity index (χ2v) is 15.3. The summed E-state index contributed by atoms with van der Waals surface area (Å²) in [6.07, 6.45) is 1.39. The van der Waals surface area contributed by atoms with E-state index in [9.17, 15) is 21.6 Å². The van der Waals surface area contributed by atoms with Gasteiger partial charge in [-0.3, -0.25) is 4.79 Å². The number of piperazine rings is 1. The van der Waals surface area contributed by atoms with E-state index in [2.05, 4.69) is 5.32 Å². The predicted molar refractivity (Wildman–Crippen MR) is 154 cm³/mol. The van der Waals surface area contributed by atoms with Crippen LogP contribution in [0.15, 0.2) is 64.5 Å². The molecule has 1 unspecified atom stereocenters. The van der Waals surface area contributed by atoms with E-state index in [1.165, 1.54) is 36.4 Å². The van der Waals surface area contributed by atoms with Gasteiger partial charge in [-0.25, -0.2) is 20.8 Å². The van der Waals surface area contributed by atoms with Crippen molar-refractivity contribution in [2.75, 3.05) is 53.4 Å². The zero-order valence-electron chi connectivity index (χ0n) is 22.8. The maximum absolute atomic E-state index is 14.4. The van der Waals surface area contributed by atoms with Crippen molar-refractivity contribution in [3.8, 4) is 0 Å². The van der Waals surface area contributed by atoms with Crippen molar-refractivity contribution in [3.05, 3.63) is 59.6 Å². The van der Waals surface area contributed by atoms with Gasteiger partial charge in [0.05, 0.1) is 35.6 Å². The molecule has 11 nitrogen and oxygen atoms in total. The molecule has 6 rings (SSSR count). The van der Waals surface area contributed by atoms with Crippen LogP contribution >= 0.6 is 11.6 Å². The van der Waals surface area contributed by atoms with Gasteiger partial charge in [0.2, 0.25) is 5.91 Å². The molecule has 1 N–H and O–H groups in total. The van der Waals surface area contributed by atoms with Crippen LogP contribution in [0.3, 0.4) is 0 Å². The van der Waals surface area contributed by atoms with Gasteiger partial charge in [-0.1, -0.05) is 29.8 Å². The molecule has 1 aromatic heterocycles. The van der Waals surface area contributed by atoms with Gasteiger partial charge in [0.15, 0.2) is 10.8 Å². The smallest absolute Gasteiger partial charge is 0.269 e. The van der Waals surface area contributed by atoms with Gasteiger partial charge in [-0.15, -0.1) is 0 Å². The van der Waals surface area contributed by atoms with Gasteiger partial charge in [0.25, 0.3) is 20.0 Å². The van der Waals surface area contributed by atoms with E-state index in [0.29, 0.717) is 29.8 Å². The lowest BCUT2D eigenvalue weighted by atomic mass is 9.92. The standard InChI is InChI=1S/C27H32ClN5O6S2/c1-30(2)18-27-19-31(16-24(34)32(27)17-26(39-27)10-12-29-13-11-26)41(37,38)25-15-20-14-21(28)8-9-23(20)33(25)40(35,36)22-6-4-3-5-7-22/h3-9,14-15,29H,10-13,16-19H2,1-2H3. The first-order valence-corrected chi connectivity index (χ1v) is 16.6. The molecule has 0 radical (unpaired) electrons. The summed E-state index contributed by atoms with van der Waals surface area (Å²) >= 11 is 6.20. The number of carbonyl (C=O) groups excluding carboxylic acids is 1. The number of halogens is 1. The van der Waals surface area contributed by atoms with E-state index in [4.69, 9.17) is 16.3 Å². The number of sulfonamides is 1. The highest BCUT2D eigenvalue weighted by Gasteiger charge is 2.60. The maximum Gasteiger partial charge on any atom is 0.269 e. The number of likely N-dealkylation sites (N-methyl/N-ethyl adjacent to an activating group) is 1. The molecule has 0 aliphatic carbocycles. The van der Waals surface area contributed by atoms with Crippen molar-refractivity contribution in [2.24, 2.45) is 0 Å². The number of benzene rings is 2. The molecule has 3 aliphatic rings. The molecule has 1 spiro atoms. The van der Waals surface area contributed by atoms with Gasteiger partial charge in [-0.2, -0.15) is 4.31 Å². The van der Waals surface area contributed by atoms with E-state index < -0.39 is 42.9 Å². The molecule has 3 aliphatic heterocycles. The van der Waals surface area contributed by atoms with Gasteiger partial charge in [-0.05, 0) is 76.4 Å². The zero-order valence-corrected chi connectivity index (χ0v) is 25.2. The molecule has 3 saturated heterocycles. The van der Waals surface area contributed by atoms with Gasteiger partial charge in [0, 0.05) is 17.0 Å². The Bertz CT molecular complexity index is 1720. The Morgan fingerprint density at radius 1 is 0.976 bits per heavy atom. The van der Waals surface area contributed by atoms with Crippen LogP contribution in [-0.2, 0) is 29.6 Å². The average Bonchev–Trinajstić information content (AvgIpc) is 3.46. The quantitative estimate of drug-likeness (QED) is 0.442. The maximum atomic E-state index is 14.4. The molecule has 14 heteroatoms. The fourth-order valence-electron chi connectivity index (χ4n) is 6.29. The molecule has 3 fully saturated rings. The highest BCUT2D eigenvalue weighted by Crippen LogP contribution is 2.43. The van der Waals surface area contributed by atoms with E-state index in [0.717, 1.165) is 21.4 Å². The number of nitrogens with one attached hydrogen (secondary N) is 1. The lowest BCUT2D eigenvalue weighted by molar-refractivity contribution is -0.182. The SMILES string of the molecule is CN(C)CC12CN(S(=O)(=O)c3cc4cc(Cl)ccc4n3S(=O)(=O)c3ccccc3)CC(=O)N1CC1(CCNCC1)O2. The molecule has 1 atom stereocenters. The van der Waals surface area contributed by atoms with E-state index in [1.54, 1.807) is 23.1 Å². The zero-order chi connectivity index (χ0) is 29.2. The average molecular weight is 622 g/mol. The first-order chi connectivity index (χ1) is 19.4. The number of carbonyl (C=O) groups is 1. The number of fused-ring (bicyclic) bond motifs is 2. The van der Waals surface area contributed by atoms with Gasteiger partial charge < -0.3 is 19.9 Å². The Kier molecular flexibility index (Phi) is 7.00.